The summed E-state index contributed by atoms with van der Waals surface area (Å²) < 4.78 is 0. The zero-order chi connectivity index (χ0) is 7.56. The van der Waals surface area contributed by atoms with E-state index in [4.69, 9.17) is 5.02 Å². The molecule has 0 bridgehead atoms. The van der Waals surface area contributed by atoms with Crippen LogP contribution in [0.2, 0.25) is 0 Å². The van der Waals surface area contributed by atoms with E-state index in [0.29, 0.717) is 0 Å². The zero-order valence-electron chi connectivity index (χ0n) is 6.26. The molecule has 0 heterocycles. The minimum Gasteiger partial charge on any atom is -0.450 e. The van der Waals surface area contributed by atoms with Crippen LogP contribution in [0.15, 0.2) is 18.2 Å². The number of hydrogen-bond acceptors (Lipinski definition) is 1. The van der Waals surface area contributed by atoms with Gasteiger partial charge in [0, 0.05) is 0 Å². The highest BCUT2D eigenvalue weighted by molar-refractivity contribution is 6.46. The van der Waals surface area contributed by atoms with Crippen LogP contribution in [0.1, 0.15) is 11.1 Å². The Balaban J connectivity index is 3.07. The maximum absolute atomic E-state index is 8.68. The lowest BCUT2D eigenvalue weighted by atomic mass is 9.84. The molecular weight excluding hydrogens is 123 g/mol. The summed E-state index contributed by atoms with van der Waals surface area (Å²) in [6.07, 6.45) is 0. The molecule has 1 nitrogen and oxygen atoms in total. The third-order valence-corrected chi connectivity index (χ3v) is 1.56. The molecule has 0 saturated heterocycles. The summed E-state index contributed by atoms with van der Waals surface area (Å²) in [5, 5.41) is 8.68. The average Bonchev–Trinajstić information content (AvgIpc) is 1.88. The molecule has 0 aliphatic heterocycles. The quantitative estimate of drug-likeness (QED) is 0.554. The maximum atomic E-state index is 8.68. The van der Waals surface area contributed by atoms with E-state index < -0.39 is 0 Å². The molecular formula is C8H10BO. The van der Waals surface area contributed by atoms with Gasteiger partial charge < -0.3 is 5.02 Å². The molecule has 1 aromatic rings. The third-order valence-electron chi connectivity index (χ3n) is 1.56. The van der Waals surface area contributed by atoms with Crippen LogP contribution >= 0.6 is 0 Å². The van der Waals surface area contributed by atoms with Gasteiger partial charge in [-0.2, -0.15) is 0 Å². The molecule has 0 atom stereocenters. The SMILES string of the molecule is Cc1ccc([B]O)c(C)c1. The van der Waals surface area contributed by atoms with Gasteiger partial charge in [0.2, 0.25) is 0 Å². The van der Waals surface area contributed by atoms with Crippen molar-refractivity contribution < 1.29 is 5.02 Å². The molecule has 1 rings (SSSR count). The Kier molecular flexibility index (Phi) is 2.12. The number of aryl methyl sites for hydroxylation is 2. The molecule has 0 spiro atoms. The second-order valence-corrected chi connectivity index (χ2v) is 2.49. The Labute approximate surface area is 62.0 Å². The Morgan fingerprint density at radius 1 is 1.30 bits per heavy atom. The molecule has 0 saturated carbocycles. The number of hydrogen-bond donors (Lipinski definition) is 1. The molecule has 1 N–H and O–H groups in total. The Morgan fingerprint density at radius 2 is 2.00 bits per heavy atom. The van der Waals surface area contributed by atoms with Crippen LogP contribution in [-0.4, -0.2) is 12.5 Å². The Morgan fingerprint density at radius 3 is 2.50 bits per heavy atom. The third kappa shape index (κ3) is 1.39. The van der Waals surface area contributed by atoms with Crippen molar-refractivity contribution in [1.82, 2.24) is 0 Å². The molecule has 1 aromatic carbocycles. The molecule has 0 aromatic heterocycles. The molecule has 0 fully saturated rings. The fourth-order valence-electron chi connectivity index (χ4n) is 0.970. The van der Waals surface area contributed by atoms with Gasteiger partial charge in [-0.25, -0.2) is 0 Å². The summed E-state index contributed by atoms with van der Waals surface area (Å²) in [6, 6.07) is 5.93. The highest BCUT2D eigenvalue weighted by Crippen LogP contribution is 1.98. The maximum Gasteiger partial charge on any atom is 0.327 e. The summed E-state index contributed by atoms with van der Waals surface area (Å²) >= 11 is 0. The standard InChI is InChI=1S/C8H10BO/c1-6-3-4-8(9-10)7(2)5-6/h3-5,10H,1-2H3. The molecule has 2 heteroatoms. The van der Waals surface area contributed by atoms with E-state index >= 15 is 0 Å². The van der Waals surface area contributed by atoms with Crippen molar-refractivity contribution in [2.75, 3.05) is 0 Å². The first kappa shape index (κ1) is 7.35. The van der Waals surface area contributed by atoms with Gasteiger partial charge in [-0.15, -0.1) is 0 Å². The molecule has 0 amide bonds. The molecule has 1 radical (unpaired) electrons. The summed E-state index contributed by atoms with van der Waals surface area (Å²) in [6.45, 7) is 4.02. The van der Waals surface area contributed by atoms with E-state index in [-0.39, 0.29) is 0 Å². The molecule has 0 aliphatic carbocycles. The van der Waals surface area contributed by atoms with Crippen molar-refractivity contribution in [1.29, 1.82) is 0 Å². The van der Waals surface area contributed by atoms with Crippen molar-refractivity contribution in [2.24, 2.45) is 0 Å². The minimum atomic E-state index is 0.894. The van der Waals surface area contributed by atoms with Crippen molar-refractivity contribution in [3.8, 4) is 0 Å². The van der Waals surface area contributed by atoms with Gasteiger partial charge in [0.05, 0.1) is 0 Å². The average molecular weight is 133 g/mol. The molecule has 0 unspecified atom stereocenters. The number of rotatable bonds is 1. The fraction of sp³-hybridized carbons (Fsp3) is 0.250. The van der Waals surface area contributed by atoms with E-state index in [1.165, 1.54) is 5.56 Å². The van der Waals surface area contributed by atoms with Crippen molar-refractivity contribution in [3.63, 3.8) is 0 Å². The smallest absolute Gasteiger partial charge is 0.327 e. The van der Waals surface area contributed by atoms with E-state index in [1.807, 2.05) is 32.0 Å². The van der Waals surface area contributed by atoms with Crippen LogP contribution in [0.25, 0.3) is 0 Å². The lowest BCUT2D eigenvalue weighted by molar-refractivity contribution is 0.615. The van der Waals surface area contributed by atoms with Gasteiger partial charge in [0.1, 0.15) is 0 Å². The van der Waals surface area contributed by atoms with Crippen LogP contribution in [0.5, 0.6) is 0 Å². The highest BCUT2D eigenvalue weighted by Gasteiger charge is 1.96. The second-order valence-electron chi connectivity index (χ2n) is 2.49. The van der Waals surface area contributed by atoms with E-state index in [0.717, 1.165) is 18.5 Å². The normalized spacial score (nSPS) is 9.50. The Hall–Kier alpha value is -0.755. The van der Waals surface area contributed by atoms with Gasteiger partial charge in [-0.3, -0.25) is 0 Å². The molecule has 10 heavy (non-hydrogen) atoms. The van der Waals surface area contributed by atoms with E-state index in [1.54, 1.807) is 0 Å². The van der Waals surface area contributed by atoms with Gasteiger partial charge in [-0.1, -0.05) is 34.8 Å². The largest absolute Gasteiger partial charge is 0.450 e. The Bertz CT molecular complexity index is 233. The van der Waals surface area contributed by atoms with Crippen LogP contribution in [0.4, 0.5) is 0 Å². The lowest BCUT2D eigenvalue weighted by Crippen LogP contribution is -2.16. The van der Waals surface area contributed by atoms with Gasteiger partial charge in [0.15, 0.2) is 0 Å². The van der Waals surface area contributed by atoms with Crippen LogP contribution < -0.4 is 5.46 Å². The first-order valence-corrected chi connectivity index (χ1v) is 3.28. The lowest BCUT2D eigenvalue weighted by Gasteiger charge is -2.00. The minimum absolute atomic E-state index is 0.894. The summed E-state index contributed by atoms with van der Waals surface area (Å²) in [5.74, 6) is 0. The molecule has 0 aliphatic rings. The predicted molar refractivity (Wildman–Crippen MR) is 43.5 cm³/mol. The summed E-state index contributed by atoms with van der Waals surface area (Å²) in [7, 11) is 1.13. The first-order chi connectivity index (χ1) is 4.74. The van der Waals surface area contributed by atoms with Crippen molar-refractivity contribution in [3.05, 3.63) is 29.3 Å². The fourth-order valence-corrected chi connectivity index (χ4v) is 0.970. The predicted octanol–water partition coefficient (Wildman–Crippen LogP) is 0.540. The van der Waals surface area contributed by atoms with E-state index in [2.05, 4.69) is 0 Å². The molecule has 51 valence electrons. The van der Waals surface area contributed by atoms with Gasteiger partial charge in [0.25, 0.3) is 0 Å². The highest BCUT2D eigenvalue weighted by atomic mass is 16.2. The van der Waals surface area contributed by atoms with Gasteiger partial charge in [-0.05, 0) is 13.8 Å². The van der Waals surface area contributed by atoms with Crippen LogP contribution in [-0.2, 0) is 0 Å². The van der Waals surface area contributed by atoms with E-state index in [9.17, 15) is 0 Å². The van der Waals surface area contributed by atoms with Crippen LogP contribution in [0.3, 0.4) is 0 Å². The monoisotopic (exact) mass is 133 g/mol. The second kappa shape index (κ2) is 2.89. The van der Waals surface area contributed by atoms with Crippen LogP contribution in [0, 0.1) is 13.8 Å². The summed E-state index contributed by atoms with van der Waals surface area (Å²) in [5.41, 5.74) is 3.23. The first-order valence-electron chi connectivity index (χ1n) is 3.28. The summed E-state index contributed by atoms with van der Waals surface area (Å²) in [4.78, 5) is 0. The number of benzene rings is 1. The van der Waals surface area contributed by atoms with Crippen molar-refractivity contribution in [2.45, 2.75) is 13.8 Å². The topological polar surface area (TPSA) is 20.2 Å². The van der Waals surface area contributed by atoms with Gasteiger partial charge >= 0.3 is 7.48 Å². The zero-order valence-corrected chi connectivity index (χ0v) is 6.26. The van der Waals surface area contributed by atoms with Crippen molar-refractivity contribution >= 4 is 12.9 Å².